The molecule has 0 radical (unpaired) electrons. The summed E-state index contributed by atoms with van der Waals surface area (Å²) >= 11 is 0.630. The maximum atomic E-state index is 12.1. The molecule has 0 fully saturated rings. The third kappa shape index (κ3) is 5.05. The Kier molecular flexibility index (Phi) is 5.15. The normalized spacial score (nSPS) is 12.1. The van der Waals surface area contributed by atoms with Gasteiger partial charge in [0.05, 0.1) is 12.2 Å². The quantitative estimate of drug-likeness (QED) is 0.496. The lowest BCUT2D eigenvalue weighted by atomic mass is 10.4. The first-order valence-electron chi connectivity index (χ1n) is 4.72. The number of alkyl halides is 5. The second-order valence-electron chi connectivity index (χ2n) is 3.30. The number of nitrogens with zero attached hydrogens (tertiary/aromatic N) is 1. The molecule has 0 aliphatic carbocycles. The zero-order valence-corrected chi connectivity index (χ0v) is 9.69. The van der Waals surface area contributed by atoms with Gasteiger partial charge in [0.1, 0.15) is 6.54 Å². The summed E-state index contributed by atoms with van der Waals surface area (Å²) in [4.78, 5) is 10.8. The second kappa shape index (κ2) is 6.19. The Morgan fingerprint density at radius 1 is 1.44 bits per heavy atom. The predicted molar refractivity (Wildman–Crippen MR) is 55.7 cm³/mol. The molecule has 0 bridgehead atoms. The van der Waals surface area contributed by atoms with Crippen molar-refractivity contribution in [2.45, 2.75) is 24.0 Å². The van der Waals surface area contributed by atoms with Crippen LogP contribution in [-0.4, -0.2) is 30.0 Å². The summed E-state index contributed by atoms with van der Waals surface area (Å²) < 4.78 is 62.9. The van der Waals surface area contributed by atoms with Gasteiger partial charge in [-0.3, -0.25) is 9.52 Å². The highest BCUT2D eigenvalue weighted by Crippen LogP contribution is 2.21. The van der Waals surface area contributed by atoms with E-state index in [0.29, 0.717) is 18.2 Å². The third-order valence-corrected chi connectivity index (χ3v) is 2.57. The molecule has 0 saturated carbocycles. The second-order valence-corrected chi connectivity index (χ2v) is 4.26. The molecule has 1 heterocycles. The van der Waals surface area contributed by atoms with Crippen LogP contribution in [0.1, 0.15) is 10.5 Å². The molecule has 1 aromatic heterocycles. The molecule has 0 saturated heterocycles. The average molecular weight is 288 g/mol. The summed E-state index contributed by atoms with van der Waals surface area (Å²) in [5, 5.41) is 0. The van der Waals surface area contributed by atoms with E-state index in [1.54, 1.807) is 0 Å². The van der Waals surface area contributed by atoms with E-state index < -0.39 is 25.7 Å². The maximum Gasteiger partial charge on any atom is 0.402 e. The highest BCUT2D eigenvalue weighted by Gasteiger charge is 2.26. The lowest BCUT2D eigenvalue weighted by Gasteiger charge is -2.06. The first kappa shape index (κ1) is 15.0. The van der Waals surface area contributed by atoms with Crippen LogP contribution in [0.3, 0.4) is 0 Å². The van der Waals surface area contributed by atoms with Crippen LogP contribution >= 0.6 is 11.9 Å². The predicted octanol–water partition coefficient (Wildman–Crippen LogP) is 2.72. The molecule has 0 aliphatic heterocycles. The van der Waals surface area contributed by atoms with Crippen LogP contribution in [0.4, 0.5) is 22.0 Å². The molecule has 3 nitrogen and oxygen atoms in total. The summed E-state index contributed by atoms with van der Waals surface area (Å²) in [5.41, 5.74) is -0.00777. The molecule has 0 atom stereocenters. The van der Waals surface area contributed by atoms with Crippen LogP contribution < -0.4 is 4.72 Å². The van der Waals surface area contributed by atoms with E-state index in [1.165, 1.54) is 12.3 Å². The topological polar surface area (TPSA) is 34.0 Å². The van der Waals surface area contributed by atoms with Crippen molar-refractivity contribution in [2.75, 3.05) is 6.54 Å². The van der Waals surface area contributed by atoms with Crippen LogP contribution in [0.2, 0.25) is 0 Å². The van der Waals surface area contributed by atoms with E-state index in [-0.39, 0.29) is 10.6 Å². The molecule has 0 aromatic carbocycles. The highest BCUT2D eigenvalue weighted by atomic mass is 32.2. The molecule has 18 heavy (non-hydrogen) atoms. The Labute approximate surface area is 103 Å². The van der Waals surface area contributed by atoms with Gasteiger partial charge >= 0.3 is 6.18 Å². The van der Waals surface area contributed by atoms with Crippen molar-refractivity contribution in [3.63, 3.8) is 0 Å². The Morgan fingerprint density at radius 2 is 2.11 bits per heavy atom. The Morgan fingerprint density at radius 3 is 2.61 bits per heavy atom. The fourth-order valence-electron chi connectivity index (χ4n) is 1.16. The molecule has 0 aliphatic rings. The number of nitrogens with one attached hydrogen (secondary N) is 1. The van der Waals surface area contributed by atoms with E-state index >= 15 is 0 Å². The molecule has 1 N–H and O–H groups in total. The monoisotopic (exact) mass is 288 g/mol. The minimum atomic E-state index is -4.36. The Hall–Kier alpha value is -1.09. The first-order chi connectivity index (χ1) is 8.31. The van der Waals surface area contributed by atoms with Gasteiger partial charge in [0, 0.05) is 11.1 Å². The van der Waals surface area contributed by atoms with Gasteiger partial charge in [-0.05, 0) is 18.0 Å². The summed E-state index contributed by atoms with van der Waals surface area (Å²) in [7, 11) is 0. The zero-order valence-electron chi connectivity index (χ0n) is 8.88. The number of hydrogen-bond acceptors (Lipinski definition) is 3. The van der Waals surface area contributed by atoms with Crippen molar-refractivity contribution in [3.05, 3.63) is 18.0 Å². The van der Waals surface area contributed by atoms with Gasteiger partial charge in [-0.25, -0.2) is 8.78 Å². The van der Waals surface area contributed by atoms with Crippen molar-refractivity contribution in [1.29, 1.82) is 0 Å². The summed E-state index contributed by atoms with van der Waals surface area (Å²) in [6, 6.07) is 1.24. The standard InChI is InChI=1S/C9H9F5N2OS/c10-8(11)3-16-2-7(1-6(16)4-17)18-15-5-9(12,13)14/h1-2,4,8,15H,3,5H2. The van der Waals surface area contributed by atoms with E-state index in [1.807, 2.05) is 4.72 Å². The van der Waals surface area contributed by atoms with Crippen LogP contribution in [0.25, 0.3) is 0 Å². The summed E-state index contributed by atoms with van der Waals surface area (Å²) in [6.45, 7) is -1.89. The Balaban J connectivity index is 2.62. The van der Waals surface area contributed by atoms with Crippen molar-refractivity contribution in [1.82, 2.24) is 9.29 Å². The average Bonchev–Trinajstić information content (AvgIpc) is 2.57. The molecular formula is C9H9F5N2OS. The Bertz CT molecular complexity index is 404. The van der Waals surface area contributed by atoms with Crippen LogP contribution in [0, 0.1) is 0 Å². The molecule has 0 spiro atoms. The molecular weight excluding hydrogens is 279 g/mol. The molecule has 1 aromatic rings. The summed E-state index contributed by atoms with van der Waals surface area (Å²) in [6.07, 6.45) is -5.43. The molecule has 9 heteroatoms. The van der Waals surface area contributed by atoms with Gasteiger partial charge in [-0.1, -0.05) is 0 Å². The van der Waals surface area contributed by atoms with Gasteiger partial charge in [-0.15, -0.1) is 0 Å². The van der Waals surface area contributed by atoms with Gasteiger partial charge in [0.15, 0.2) is 6.29 Å². The van der Waals surface area contributed by atoms with Gasteiger partial charge in [-0.2, -0.15) is 13.2 Å². The smallest absolute Gasteiger partial charge is 0.338 e. The number of aromatic nitrogens is 1. The number of aldehydes is 1. The van der Waals surface area contributed by atoms with E-state index in [4.69, 9.17) is 0 Å². The van der Waals surface area contributed by atoms with Gasteiger partial charge in [0.25, 0.3) is 6.43 Å². The fourth-order valence-corrected chi connectivity index (χ4v) is 1.92. The molecule has 0 unspecified atom stereocenters. The summed E-state index contributed by atoms with van der Waals surface area (Å²) in [5.74, 6) is 0. The molecule has 1 rings (SSSR count). The number of carbonyl (C=O) groups excluding carboxylic acids is 1. The van der Waals surface area contributed by atoms with Gasteiger partial charge in [0.2, 0.25) is 0 Å². The third-order valence-electron chi connectivity index (χ3n) is 1.82. The van der Waals surface area contributed by atoms with Crippen molar-refractivity contribution >= 4 is 18.2 Å². The minimum Gasteiger partial charge on any atom is -0.338 e. The van der Waals surface area contributed by atoms with Gasteiger partial charge < -0.3 is 4.57 Å². The largest absolute Gasteiger partial charge is 0.402 e. The van der Waals surface area contributed by atoms with Crippen molar-refractivity contribution in [3.8, 4) is 0 Å². The SMILES string of the molecule is O=Cc1cc(SNCC(F)(F)F)cn1CC(F)F. The fraction of sp³-hybridized carbons (Fsp3) is 0.444. The van der Waals surface area contributed by atoms with E-state index in [0.717, 1.165) is 4.57 Å². The number of rotatable bonds is 6. The van der Waals surface area contributed by atoms with Crippen LogP contribution in [0.5, 0.6) is 0 Å². The van der Waals surface area contributed by atoms with Crippen LogP contribution in [0.15, 0.2) is 17.2 Å². The number of halogens is 5. The minimum absolute atomic E-state index is 0.00777. The van der Waals surface area contributed by atoms with E-state index in [9.17, 15) is 26.7 Å². The van der Waals surface area contributed by atoms with Crippen molar-refractivity contribution in [2.24, 2.45) is 0 Å². The lowest BCUT2D eigenvalue weighted by Crippen LogP contribution is -2.23. The maximum absolute atomic E-state index is 12.1. The number of hydrogen-bond donors (Lipinski definition) is 1. The van der Waals surface area contributed by atoms with E-state index in [2.05, 4.69) is 0 Å². The molecule has 102 valence electrons. The zero-order chi connectivity index (χ0) is 13.8. The highest BCUT2D eigenvalue weighted by molar-refractivity contribution is 7.97. The molecule has 0 amide bonds. The lowest BCUT2D eigenvalue weighted by molar-refractivity contribution is -0.120. The van der Waals surface area contributed by atoms with Crippen LogP contribution in [-0.2, 0) is 6.54 Å². The first-order valence-corrected chi connectivity index (χ1v) is 5.53. The number of carbonyl (C=O) groups is 1. The van der Waals surface area contributed by atoms with Crippen molar-refractivity contribution < 1.29 is 26.7 Å².